The molecule has 0 rings (SSSR count). The minimum absolute atomic E-state index is 0.950. The van der Waals surface area contributed by atoms with Gasteiger partial charge in [-0.15, -0.1) is 0 Å². The summed E-state index contributed by atoms with van der Waals surface area (Å²) in [5.41, 5.74) is 0. The van der Waals surface area contributed by atoms with Gasteiger partial charge in [-0.05, 0) is 13.8 Å². The molecule has 0 aliphatic carbocycles. The fourth-order valence-electron chi connectivity index (χ4n) is 0.127. The predicted octanol–water partition coefficient (Wildman–Crippen LogP) is 0.554. The first-order chi connectivity index (χ1) is 5.64. The quantitative estimate of drug-likeness (QED) is 0.482. The lowest BCUT2D eigenvalue weighted by atomic mass is 10.2. The van der Waals surface area contributed by atoms with Gasteiger partial charge in [0, 0.05) is 8.22 Å². The fourth-order valence-corrected chi connectivity index (χ4v) is 0.127. The van der Waals surface area contributed by atoms with E-state index in [2.05, 4.69) is 0 Å². The Hall–Kier alpha value is -0.660. The van der Waals surface area contributed by atoms with E-state index in [4.69, 9.17) is 8.22 Å². The zero-order valence-corrected chi connectivity index (χ0v) is 3.52. The van der Waals surface area contributed by atoms with Gasteiger partial charge in [0.2, 0.25) is 0 Å². The zero-order valence-electron chi connectivity index (χ0n) is 9.52. The predicted molar refractivity (Wildman–Crippen MR) is 26.0 cm³/mol. The molecule has 0 aliphatic rings. The highest BCUT2D eigenvalue weighted by atomic mass is 16.1. The first-order valence-electron chi connectivity index (χ1n) is 4.72. The number of ketones is 2. The minimum Gasteiger partial charge on any atom is -0.300 e. The maximum Gasteiger partial charge on any atom is 0.137 e. The first kappa shape index (κ1) is 1.41. The van der Waals surface area contributed by atoms with Crippen LogP contribution in [0.15, 0.2) is 0 Å². The maximum atomic E-state index is 10.8. The number of Topliss-reactive ketones (excluding diaryl/α,β-unsaturated/α-hetero) is 2. The van der Waals surface area contributed by atoms with Crippen LogP contribution < -0.4 is 0 Å². The molecule has 0 aliphatic heterocycles. The monoisotopic (exact) mass is 106 g/mol. The van der Waals surface area contributed by atoms with Gasteiger partial charge in [-0.2, -0.15) is 0 Å². The number of hydrogen-bond acceptors (Lipinski definition) is 2. The molecule has 0 N–H and O–H groups in total. The van der Waals surface area contributed by atoms with Gasteiger partial charge in [-0.1, -0.05) is 0 Å². The van der Waals surface area contributed by atoms with Crippen molar-refractivity contribution in [2.24, 2.45) is 0 Å². The van der Waals surface area contributed by atoms with Gasteiger partial charge in [0.1, 0.15) is 11.6 Å². The molecule has 2 nitrogen and oxygen atoms in total. The second-order valence-electron chi connectivity index (χ2n) is 0.877. The van der Waals surface area contributed by atoms with Crippen molar-refractivity contribution >= 4 is 11.6 Å². The van der Waals surface area contributed by atoms with Crippen LogP contribution in [0.3, 0.4) is 0 Å². The molecule has 0 heterocycles. The van der Waals surface area contributed by atoms with Crippen molar-refractivity contribution in [1.29, 1.82) is 0 Å². The van der Waals surface area contributed by atoms with Gasteiger partial charge in [0.25, 0.3) is 0 Å². The van der Waals surface area contributed by atoms with Crippen molar-refractivity contribution in [3.63, 3.8) is 0 Å². The lowest BCUT2D eigenvalue weighted by molar-refractivity contribution is -0.124. The molecule has 0 fully saturated rings. The topological polar surface area (TPSA) is 34.1 Å². The average molecular weight is 106 g/mol. The summed E-state index contributed by atoms with van der Waals surface area (Å²) in [7, 11) is 0. The molecule has 0 aromatic heterocycles. The van der Waals surface area contributed by atoms with Crippen LogP contribution in [0.5, 0.6) is 0 Å². The Morgan fingerprint density at radius 1 is 1.71 bits per heavy atom. The summed E-state index contributed by atoms with van der Waals surface area (Å²) in [5, 5.41) is 0. The van der Waals surface area contributed by atoms with Crippen molar-refractivity contribution in [1.82, 2.24) is 0 Å². The van der Waals surface area contributed by atoms with Crippen molar-refractivity contribution in [3.05, 3.63) is 0 Å². The SMILES string of the molecule is [2H]CC(=O)C([2H])([2H])C(=O)C([2H])([2H])[2H]. The van der Waals surface area contributed by atoms with Crippen molar-refractivity contribution in [2.75, 3.05) is 0 Å². The second-order valence-corrected chi connectivity index (χ2v) is 0.877. The maximum absolute atomic E-state index is 10.8. The third-order valence-corrected chi connectivity index (χ3v) is 0.253. The van der Waals surface area contributed by atoms with Crippen LogP contribution in [0.2, 0.25) is 0 Å². The van der Waals surface area contributed by atoms with Gasteiger partial charge in [-0.25, -0.2) is 0 Å². The third kappa shape index (κ3) is 5.34. The van der Waals surface area contributed by atoms with Crippen LogP contribution in [0, 0.1) is 0 Å². The number of hydrogen-bond donors (Lipinski definition) is 0. The lowest BCUT2D eigenvalue weighted by Gasteiger charge is -1.81. The molecule has 0 bridgehead atoms. The highest BCUT2D eigenvalue weighted by Gasteiger charge is 1.94. The first-order valence-corrected chi connectivity index (χ1v) is 1.51. The molecule has 0 spiro atoms. The Morgan fingerprint density at radius 2 is 2.43 bits per heavy atom. The van der Waals surface area contributed by atoms with Crippen LogP contribution in [-0.2, 0) is 9.59 Å². The van der Waals surface area contributed by atoms with Crippen molar-refractivity contribution in [3.8, 4) is 0 Å². The van der Waals surface area contributed by atoms with Crippen molar-refractivity contribution < 1.29 is 17.8 Å². The molecule has 0 saturated heterocycles. The van der Waals surface area contributed by atoms with E-state index in [-0.39, 0.29) is 0 Å². The summed E-state index contributed by atoms with van der Waals surface area (Å²) in [6.45, 7) is -4.09. The largest absolute Gasteiger partial charge is 0.300 e. The van der Waals surface area contributed by atoms with Gasteiger partial charge >= 0.3 is 0 Å². The van der Waals surface area contributed by atoms with E-state index in [1.165, 1.54) is 0 Å². The second kappa shape index (κ2) is 2.50. The van der Waals surface area contributed by atoms with Crippen LogP contribution in [0.1, 0.15) is 28.3 Å². The van der Waals surface area contributed by atoms with Crippen LogP contribution >= 0.6 is 0 Å². The van der Waals surface area contributed by atoms with E-state index >= 15 is 0 Å². The summed E-state index contributed by atoms with van der Waals surface area (Å²) in [5.74, 6) is -3.11. The smallest absolute Gasteiger partial charge is 0.137 e. The molecule has 0 saturated carbocycles. The van der Waals surface area contributed by atoms with Crippen LogP contribution in [-0.4, -0.2) is 11.6 Å². The lowest BCUT2D eigenvalue weighted by Crippen LogP contribution is -1.97. The highest BCUT2D eigenvalue weighted by Crippen LogP contribution is 1.80. The summed E-state index contributed by atoms with van der Waals surface area (Å²) >= 11 is 0. The Labute approximate surface area is 51.0 Å². The van der Waals surface area contributed by atoms with Gasteiger partial charge in [-0.3, -0.25) is 9.59 Å². The summed E-state index contributed by atoms with van der Waals surface area (Å²) in [6.07, 6.45) is -3.08. The van der Waals surface area contributed by atoms with Gasteiger partial charge in [0.05, 0.1) is 6.37 Å². The number of carbonyl (C=O) groups is 2. The molecule has 0 unspecified atom stereocenters. The average Bonchev–Trinajstić information content (AvgIpc) is 1.99. The van der Waals surface area contributed by atoms with E-state index in [9.17, 15) is 9.59 Å². The molecule has 0 atom stereocenters. The van der Waals surface area contributed by atoms with E-state index in [0.717, 1.165) is 0 Å². The van der Waals surface area contributed by atoms with Gasteiger partial charge in [0.15, 0.2) is 0 Å². The van der Waals surface area contributed by atoms with Crippen LogP contribution in [0.4, 0.5) is 0 Å². The molecule has 7 heavy (non-hydrogen) atoms. The Kier molecular flexibility index (Phi) is 0.503. The molecule has 0 aromatic carbocycles. The fraction of sp³-hybridized carbons (Fsp3) is 0.600. The van der Waals surface area contributed by atoms with Crippen molar-refractivity contribution in [2.45, 2.75) is 20.1 Å². The number of rotatable bonds is 2. The molecule has 40 valence electrons. The molecule has 0 aromatic rings. The standard InChI is InChI=1S/C5H8O2/c1-4(6)3-5(2)7/h3H2,1-2H3/i1D,2D3,3D2. The molecule has 0 amide bonds. The molecule has 2 heteroatoms. The number of carbonyl (C=O) groups excluding carboxylic acids is 2. The molecular formula is C5H8O2. The Balaban J connectivity index is 4.85. The molecule has 0 radical (unpaired) electrons. The van der Waals surface area contributed by atoms with Gasteiger partial charge < -0.3 is 0 Å². The highest BCUT2D eigenvalue weighted by molar-refractivity contribution is 5.96. The summed E-state index contributed by atoms with van der Waals surface area (Å²) in [6, 6.07) is 0. The third-order valence-electron chi connectivity index (χ3n) is 0.253. The normalized spacial score (nSPS) is 24.6. The Morgan fingerprint density at radius 3 is 2.86 bits per heavy atom. The van der Waals surface area contributed by atoms with Crippen LogP contribution in [0.25, 0.3) is 0 Å². The Bertz CT molecular complexity index is 230. The van der Waals surface area contributed by atoms with E-state index < -0.39 is 31.7 Å². The van der Waals surface area contributed by atoms with E-state index in [1.807, 2.05) is 0 Å². The van der Waals surface area contributed by atoms with E-state index in [0.29, 0.717) is 0 Å². The van der Waals surface area contributed by atoms with E-state index in [1.54, 1.807) is 0 Å². The summed E-state index contributed by atoms with van der Waals surface area (Å²) in [4.78, 5) is 21.5. The summed E-state index contributed by atoms with van der Waals surface area (Å²) < 4.78 is 40.1. The minimum atomic E-state index is -3.14. The molecular weight excluding hydrogens is 92.1 g/mol. The zero-order chi connectivity index (χ0) is 10.9.